The summed E-state index contributed by atoms with van der Waals surface area (Å²) < 4.78 is 7.84. The molecule has 0 aliphatic rings. The Kier molecular flexibility index (Phi) is 6.42. The fourth-order valence-electron chi connectivity index (χ4n) is 3.59. The van der Waals surface area contributed by atoms with Gasteiger partial charge in [0, 0.05) is 13.0 Å². The number of fused-ring (bicyclic) bond motifs is 1. The number of hydrogen-bond donors (Lipinski definition) is 2. The lowest BCUT2D eigenvalue weighted by Crippen LogP contribution is -2.24. The van der Waals surface area contributed by atoms with Crippen LogP contribution >= 0.6 is 0 Å². The minimum absolute atomic E-state index is 0.119. The molecular weight excluding hydrogens is 376 g/mol. The van der Waals surface area contributed by atoms with Gasteiger partial charge in [0.05, 0.1) is 17.6 Å². The van der Waals surface area contributed by atoms with Crippen LogP contribution in [0.1, 0.15) is 12.2 Å². The number of rotatable bonds is 9. The maximum atomic E-state index is 10.6. The second-order valence-electron chi connectivity index (χ2n) is 7.31. The number of aryl methyl sites for hydroxylation is 1. The summed E-state index contributed by atoms with van der Waals surface area (Å²) in [7, 11) is 0. The summed E-state index contributed by atoms with van der Waals surface area (Å²) in [6.45, 7) is 0.702. The first-order valence-corrected chi connectivity index (χ1v) is 10.3. The summed E-state index contributed by atoms with van der Waals surface area (Å²) in [5.74, 6) is 1.60. The quantitative estimate of drug-likeness (QED) is 0.443. The van der Waals surface area contributed by atoms with Gasteiger partial charge in [-0.1, -0.05) is 54.6 Å². The van der Waals surface area contributed by atoms with Crippen LogP contribution in [0.4, 0.5) is 0 Å². The van der Waals surface area contributed by atoms with E-state index in [4.69, 9.17) is 4.74 Å². The molecule has 0 saturated heterocycles. The molecule has 154 valence electrons. The highest BCUT2D eigenvalue weighted by molar-refractivity contribution is 5.75. The Labute approximate surface area is 176 Å². The summed E-state index contributed by atoms with van der Waals surface area (Å²) in [4.78, 5) is 4.66. The number of nitrogens with zero attached hydrogens (tertiary/aromatic N) is 2. The van der Waals surface area contributed by atoms with Crippen molar-refractivity contribution in [2.45, 2.75) is 25.5 Å². The molecule has 1 unspecified atom stereocenters. The number of aliphatic hydroxyl groups is 2. The Bertz CT molecular complexity index is 1070. The van der Waals surface area contributed by atoms with Gasteiger partial charge in [-0.05, 0) is 41.8 Å². The van der Waals surface area contributed by atoms with Crippen LogP contribution in [0.15, 0.2) is 78.9 Å². The van der Waals surface area contributed by atoms with E-state index in [1.807, 2.05) is 71.3 Å². The van der Waals surface area contributed by atoms with Gasteiger partial charge in [0.2, 0.25) is 0 Å². The van der Waals surface area contributed by atoms with Crippen LogP contribution < -0.4 is 4.74 Å². The highest BCUT2D eigenvalue weighted by atomic mass is 16.5. The third kappa shape index (κ3) is 4.70. The molecule has 1 atom stereocenters. The smallest absolute Gasteiger partial charge is 0.119 e. The van der Waals surface area contributed by atoms with Gasteiger partial charge in [-0.2, -0.15) is 0 Å². The van der Waals surface area contributed by atoms with Crippen molar-refractivity contribution in [2.75, 3.05) is 13.2 Å². The van der Waals surface area contributed by atoms with E-state index in [-0.39, 0.29) is 13.2 Å². The molecule has 1 aromatic heterocycles. The number of aromatic nitrogens is 2. The lowest BCUT2D eigenvalue weighted by Gasteiger charge is -2.16. The molecule has 0 amide bonds. The van der Waals surface area contributed by atoms with Crippen LogP contribution in [-0.2, 0) is 13.0 Å². The topological polar surface area (TPSA) is 67.5 Å². The average molecular weight is 402 g/mol. The SMILES string of the molecule is OCCCc1nc2ccccc2n1CC(O)COc1ccc(-c2ccccc2)cc1. The van der Waals surface area contributed by atoms with Gasteiger partial charge in [-0.3, -0.25) is 0 Å². The molecule has 30 heavy (non-hydrogen) atoms. The molecule has 3 aromatic carbocycles. The molecule has 0 spiro atoms. The highest BCUT2D eigenvalue weighted by Crippen LogP contribution is 2.22. The van der Waals surface area contributed by atoms with Crippen molar-refractivity contribution in [2.24, 2.45) is 0 Å². The van der Waals surface area contributed by atoms with Gasteiger partial charge < -0.3 is 19.5 Å². The average Bonchev–Trinajstić information content (AvgIpc) is 3.14. The van der Waals surface area contributed by atoms with E-state index < -0.39 is 6.10 Å². The number of aliphatic hydroxyl groups excluding tert-OH is 2. The van der Waals surface area contributed by atoms with Gasteiger partial charge in [-0.25, -0.2) is 4.98 Å². The molecule has 0 bridgehead atoms. The molecule has 4 rings (SSSR count). The van der Waals surface area contributed by atoms with E-state index >= 15 is 0 Å². The number of ether oxygens (including phenoxy) is 1. The highest BCUT2D eigenvalue weighted by Gasteiger charge is 2.14. The lowest BCUT2D eigenvalue weighted by atomic mass is 10.1. The molecular formula is C25H26N2O3. The number of imidazole rings is 1. The fraction of sp³-hybridized carbons (Fsp3) is 0.240. The molecule has 0 fully saturated rings. The van der Waals surface area contributed by atoms with E-state index in [0.717, 1.165) is 33.7 Å². The van der Waals surface area contributed by atoms with Gasteiger partial charge in [-0.15, -0.1) is 0 Å². The summed E-state index contributed by atoms with van der Waals surface area (Å²) in [5, 5.41) is 19.8. The minimum atomic E-state index is -0.677. The van der Waals surface area contributed by atoms with Crippen LogP contribution in [0, 0.1) is 0 Å². The van der Waals surface area contributed by atoms with Gasteiger partial charge in [0.25, 0.3) is 0 Å². The molecule has 5 heteroatoms. The minimum Gasteiger partial charge on any atom is -0.491 e. The van der Waals surface area contributed by atoms with Crippen molar-refractivity contribution in [1.29, 1.82) is 0 Å². The summed E-state index contributed by atoms with van der Waals surface area (Å²) in [6, 6.07) is 26.0. The van der Waals surface area contributed by atoms with Crippen molar-refractivity contribution in [3.05, 3.63) is 84.7 Å². The predicted molar refractivity (Wildman–Crippen MR) is 119 cm³/mol. The third-order valence-electron chi connectivity index (χ3n) is 5.09. The molecule has 1 heterocycles. The summed E-state index contributed by atoms with van der Waals surface area (Å²) in [5.41, 5.74) is 4.17. The first-order valence-electron chi connectivity index (χ1n) is 10.3. The van der Waals surface area contributed by atoms with Gasteiger partial charge >= 0.3 is 0 Å². The van der Waals surface area contributed by atoms with E-state index in [9.17, 15) is 10.2 Å². The van der Waals surface area contributed by atoms with Crippen LogP contribution in [-0.4, -0.2) is 39.1 Å². The van der Waals surface area contributed by atoms with Crippen LogP contribution in [0.2, 0.25) is 0 Å². The Hall–Kier alpha value is -3.15. The second-order valence-corrected chi connectivity index (χ2v) is 7.31. The normalized spacial score (nSPS) is 12.2. The Morgan fingerprint density at radius 2 is 1.57 bits per heavy atom. The molecule has 2 N–H and O–H groups in total. The zero-order valence-electron chi connectivity index (χ0n) is 16.8. The van der Waals surface area contributed by atoms with Crippen LogP contribution in [0.3, 0.4) is 0 Å². The standard InChI is InChI=1S/C25H26N2O3/c28-16-6-11-25-26-23-9-4-5-10-24(23)27(25)17-21(29)18-30-22-14-12-20(13-15-22)19-7-2-1-3-8-19/h1-5,7-10,12-15,21,28-29H,6,11,16-18H2. The Morgan fingerprint density at radius 3 is 2.33 bits per heavy atom. The largest absolute Gasteiger partial charge is 0.491 e. The first kappa shape index (κ1) is 20.1. The van der Waals surface area contributed by atoms with Gasteiger partial charge in [0.1, 0.15) is 24.3 Å². The Balaban J connectivity index is 1.41. The lowest BCUT2D eigenvalue weighted by molar-refractivity contribution is 0.0926. The number of para-hydroxylation sites is 2. The molecule has 0 aliphatic heterocycles. The molecule has 4 aromatic rings. The zero-order valence-corrected chi connectivity index (χ0v) is 16.8. The Morgan fingerprint density at radius 1 is 0.867 bits per heavy atom. The van der Waals surface area contributed by atoms with Crippen molar-refractivity contribution < 1.29 is 14.9 Å². The van der Waals surface area contributed by atoms with Crippen molar-refractivity contribution in [3.63, 3.8) is 0 Å². The van der Waals surface area contributed by atoms with Crippen LogP contribution in [0.25, 0.3) is 22.2 Å². The first-order chi connectivity index (χ1) is 14.7. The molecule has 0 aliphatic carbocycles. The second kappa shape index (κ2) is 9.57. The maximum Gasteiger partial charge on any atom is 0.119 e. The molecule has 0 radical (unpaired) electrons. The van der Waals surface area contributed by atoms with Crippen LogP contribution in [0.5, 0.6) is 5.75 Å². The van der Waals surface area contributed by atoms with Crippen molar-refractivity contribution in [3.8, 4) is 16.9 Å². The zero-order chi connectivity index (χ0) is 20.8. The van der Waals surface area contributed by atoms with E-state index in [2.05, 4.69) is 17.1 Å². The third-order valence-corrected chi connectivity index (χ3v) is 5.09. The monoisotopic (exact) mass is 402 g/mol. The summed E-state index contributed by atoms with van der Waals surface area (Å²) >= 11 is 0. The summed E-state index contributed by atoms with van der Waals surface area (Å²) in [6.07, 6.45) is 0.632. The number of hydrogen-bond acceptors (Lipinski definition) is 4. The predicted octanol–water partition coefficient (Wildman–Crippen LogP) is 4.07. The molecule has 0 saturated carbocycles. The fourth-order valence-corrected chi connectivity index (χ4v) is 3.59. The van der Waals surface area contributed by atoms with E-state index in [1.165, 1.54) is 0 Å². The van der Waals surface area contributed by atoms with Crippen molar-refractivity contribution in [1.82, 2.24) is 9.55 Å². The molecule has 5 nitrogen and oxygen atoms in total. The number of benzene rings is 3. The van der Waals surface area contributed by atoms with Gasteiger partial charge in [0.15, 0.2) is 0 Å². The van der Waals surface area contributed by atoms with E-state index in [1.54, 1.807) is 0 Å². The van der Waals surface area contributed by atoms with E-state index in [0.29, 0.717) is 19.4 Å². The van der Waals surface area contributed by atoms with Crippen molar-refractivity contribution >= 4 is 11.0 Å². The maximum absolute atomic E-state index is 10.6.